The monoisotopic (exact) mass is 350 g/mol. The minimum absolute atomic E-state index is 0.177. The normalized spacial score (nSPS) is 11.2. The lowest BCUT2D eigenvalue weighted by molar-refractivity contribution is -0.123. The summed E-state index contributed by atoms with van der Waals surface area (Å²) < 4.78 is 5.33. The van der Waals surface area contributed by atoms with Crippen molar-refractivity contribution < 1.29 is 9.53 Å². The highest BCUT2D eigenvalue weighted by molar-refractivity contribution is 6.35. The third-order valence-corrected chi connectivity index (χ3v) is 3.46. The largest absolute Gasteiger partial charge is 0.482 e. The summed E-state index contributed by atoms with van der Waals surface area (Å²) in [5.41, 5.74) is 4.39. The Labute approximate surface area is 145 Å². The summed E-state index contributed by atoms with van der Waals surface area (Å²) in [5.74, 6) is 0.0413. The molecule has 23 heavy (non-hydrogen) atoms. The maximum Gasteiger partial charge on any atom is 0.277 e. The fraction of sp³-hybridized carbons (Fsp3) is 0.176. The van der Waals surface area contributed by atoms with E-state index in [2.05, 4.69) is 10.5 Å². The zero-order valence-electron chi connectivity index (χ0n) is 12.6. The first kappa shape index (κ1) is 17.3. The van der Waals surface area contributed by atoms with Crippen LogP contribution in [0.4, 0.5) is 0 Å². The van der Waals surface area contributed by atoms with Crippen LogP contribution < -0.4 is 10.2 Å². The van der Waals surface area contributed by atoms with Crippen LogP contribution in [0.3, 0.4) is 0 Å². The molecule has 1 N–H and O–H groups in total. The molecule has 0 spiro atoms. The van der Waals surface area contributed by atoms with E-state index in [1.165, 1.54) is 0 Å². The van der Waals surface area contributed by atoms with Gasteiger partial charge in [-0.1, -0.05) is 53.5 Å². The van der Waals surface area contributed by atoms with E-state index in [9.17, 15) is 4.79 Å². The molecule has 0 unspecified atom stereocenters. The van der Waals surface area contributed by atoms with E-state index in [-0.39, 0.29) is 12.5 Å². The number of hydrazone groups is 1. The van der Waals surface area contributed by atoms with Gasteiger partial charge in [-0.2, -0.15) is 5.10 Å². The molecule has 0 atom stereocenters. The Bertz CT molecular complexity index is 703. The number of amides is 1. The second-order valence-electron chi connectivity index (χ2n) is 4.91. The fourth-order valence-electron chi connectivity index (χ4n) is 1.86. The van der Waals surface area contributed by atoms with Gasteiger partial charge in [-0.15, -0.1) is 0 Å². The maximum absolute atomic E-state index is 11.7. The van der Waals surface area contributed by atoms with Gasteiger partial charge in [-0.05, 0) is 30.7 Å². The molecule has 0 aromatic heterocycles. The summed E-state index contributed by atoms with van der Waals surface area (Å²) in [5, 5.41) is 4.91. The van der Waals surface area contributed by atoms with Crippen LogP contribution in [0, 0.1) is 0 Å². The van der Waals surface area contributed by atoms with Crippen molar-refractivity contribution >= 4 is 34.8 Å². The molecule has 0 aliphatic rings. The number of carbonyl (C=O) groups excluding carboxylic acids is 1. The molecule has 2 aromatic carbocycles. The molecule has 120 valence electrons. The highest BCUT2D eigenvalue weighted by atomic mass is 35.5. The van der Waals surface area contributed by atoms with Crippen LogP contribution in [-0.2, 0) is 11.2 Å². The van der Waals surface area contributed by atoms with Gasteiger partial charge in [-0.25, -0.2) is 5.43 Å². The Balaban J connectivity index is 1.81. The van der Waals surface area contributed by atoms with Gasteiger partial charge in [0.25, 0.3) is 5.91 Å². The third-order valence-electron chi connectivity index (χ3n) is 2.93. The summed E-state index contributed by atoms with van der Waals surface area (Å²) in [4.78, 5) is 11.7. The van der Waals surface area contributed by atoms with Crippen molar-refractivity contribution in [1.29, 1.82) is 0 Å². The number of benzene rings is 2. The predicted octanol–water partition coefficient (Wildman–Crippen LogP) is 4.11. The number of rotatable bonds is 6. The van der Waals surface area contributed by atoms with Crippen LogP contribution >= 0.6 is 23.2 Å². The molecule has 0 aliphatic carbocycles. The van der Waals surface area contributed by atoms with Crippen molar-refractivity contribution in [2.75, 3.05) is 6.61 Å². The Morgan fingerprint density at radius 2 is 1.91 bits per heavy atom. The van der Waals surface area contributed by atoms with Gasteiger partial charge in [0, 0.05) is 17.2 Å². The maximum atomic E-state index is 11.7. The fourth-order valence-corrected chi connectivity index (χ4v) is 2.32. The topological polar surface area (TPSA) is 50.7 Å². The molecule has 2 aromatic rings. The lowest BCUT2D eigenvalue weighted by Crippen LogP contribution is -2.25. The molecule has 0 saturated heterocycles. The number of halogens is 2. The second kappa shape index (κ2) is 8.56. The molecule has 2 rings (SSSR count). The number of carbonyl (C=O) groups is 1. The molecule has 0 saturated carbocycles. The van der Waals surface area contributed by atoms with E-state index in [0.717, 1.165) is 11.3 Å². The summed E-state index contributed by atoms with van der Waals surface area (Å²) in [6, 6.07) is 14.7. The van der Waals surface area contributed by atoms with Gasteiger partial charge in [0.05, 0.1) is 5.02 Å². The predicted molar refractivity (Wildman–Crippen MR) is 93.4 cm³/mol. The minimum atomic E-state index is -0.358. The third kappa shape index (κ3) is 5.93. The van der Waals surface area contributed by atoms with Crippen LogP contribution in [-0.4, -0.2) is 18.2 Å². The number of hydrogen-bond acceptors (Lipinski definition) is 3. The lowest BCUT2D eigenvalue weighted by atomic mass is 10.1. The summed E-state index contributed by atoms with van der Waals surface area (Å²) >= 11 is 11.8. The van der Waals surface area contributed by atoms with Crippen LogP contribution in [0.5, 0.6) is 5.75 Å². The molecule has 0 aliphatic heterocycles. The molecule has 6 heteroatoms. The number of nitrogens with one attached hydrogen (secondary N) is 1. The molecule has 4 nitrogen and oxygen atoms in total. The van der Waals surface area contributed by atoms with E-state index in [0.29, 0.717) is 22.2 Å². The summed E-state index contributed by atoms with van der Waals surface area (Å²) in [7, 11) is 0. The van der Waals surface area contributed by atoms with Gasteiger partial charge < -0.3 is 4.74 Å². The van der Waals surface area contributed by atoms with Gasteiger partial charge in [0.2, 0.25) is 0 Å². The zero-order chi connectivity index (χ0) is 16.7. The van der Waals surface area contributed by atoms with Crippen LogP contribution in [0.25, 0.3) is 0 Å². The van der Waals surface area contributed by atoms with Crippen molar-refractivity contribution in [3.63, 3.8) is 0 Å². The number of ether oxygens (including phenoxy) is 1. The number of nitrogens with zero attached hydrogens (tertiary/aromatic N) is 1. The van der Waals surface area contributed by atoms with Gasteiger partial charge in [0.15, 0.2) is 6.61 Å². The van der Waals surface area contributed by atoms with Gasteiger partial charge in [0.1, 0.15) is 5.75 Å². The number of hydrogen-bond donors (Lipinski definition) is 1. The van der Waals surface area contributed by atoms with Crippen molar-refractivity contribution in [2.24, 2.45) is 5.10 Å². The van der Waals surface area contributed by atoms with Crippen LogP contribution in [0.1, 0.15) is 12.5 Å². The quantitative estimate of drug-likeness (QED) is 0.629. The van der Waals surface area contributed by atoms with E-state index >= 15 is 0 Å². The summed E-state index contributed by atoms with van der Waals surface area (Å²) in [6.45, 7) is 1.67. The van der Waals surface area contributed by atoms with E-state index in [4.69, 9.17) is 27.9 Å². The molecule has 0 bridgehead atoms. The van der Waals surface area contributed by atoms with Crippen molar-refractivity contribution in [1.82, 2.24) is 5.43 Å². The first-order valence-electron chi connectivity index (χ1n) is 6.98. The summed E-state index contributed by atoms with van der Waals surface area (Å²) in [6.07, 6.45) is 0.672. The SMILES string of the molecule is C/C(Cc1ccccc1)=N/NC(=O)COc1ccc(Cl)cc1Cl. The Morgan fingerprint density at radius 3 is 2.61 bits per heavy atom. The highest BCUT2D eigenvalue weighted by Gasteiger charge is 2.06. The lowest BCUT2D eigenvalue weighted by Gasteiger charge is -2.07. The van der Waals surface area contributed by atoms with Gasteiger partial charge in [-0.3, -0.25) is 4.79 Å². The first-order valence-corrected chi connectivity index (χ1v) is 7.74. The Kier molecular flexibility index (Phi) is 6.44. The van der Waals surface area contributed by atoms with Crippen molar-refractivity contribution in [3.8, 4) is 5.75 Å². The molecular weight excluding hydrogens is 335 g/mol. The van der Waals surface area contributed by atoms with Crippen molar-refractivity contribution in [3.05, 3.63) is 64.1 Å². The van der Waals surface area contributed by atoms with E-state index in [1.807, 2.05) is 37.3 Å². The standard InChI is InChI=1S/C17H16Cl2N2O2/c1-12(9-13-5-3-2-4-6-13)20-21-17(22)11-23-16-8-7-14(18)10-15(16)19/h2-8,10H,9,11H2,1H3,(H,21,22)/b20-12-. The second-order valence-corrected chi connectivity index (χ2v) is 5.75. The molecular formula is C17H16Cl2N2O2. The van der Waals surface area contributed by atoms with Crippen molar-refractivity contribution in [2.45, 2.75) is 13.3 Å². The van der Waals surface area contributed by atoms with Gasteiger partial charge >= 0.3 is 0 Å². The van der Waals surface area contributed by atoms with E-state index < -0.39 is 0 Å². The molecule has 0 heterocycles. The molecule has 1 amide bonds. The highest BCUT2D eigenvalue weighted by Crippen LogP contribution is 2.27. The average molecular weight is 351 g/mol. The Hall–Kier alpha value is -2.04. The zero-order valence-corrected chi connectivity index (χ0v) is 14.1. The smallest absolute Gasteiger partial charge is 0.277 e. The van der Waals surface area contributed by atoms with E-state index in [1.54, 1.807) is 18.2 Å². The average Bonchev–Trinajstić information content (AvgIpc) is 2.53. The minimum Gasteiger partial charge on any atom is -0.482 e. The van der Waals surface area contributed by atoms with Crippen LogP contribution in [0.2, 0.25) is 10.0 Å². The van der Waals surface area contributed by atoms with Crippen LogP contribution in [0.15, 0.2) is 53.6 Å². The Morgan fingerprint density at radius 1 is 1.17 bits per heavy atom. The first-order chi connectivity index (χ1) is 11.0. The molecule has 0 fully saturated rings. The molecule has 0 radical (unpaired) electrons.